The summed E-state index contributed by atoms with van der Waals surface area (Å²) in [6.45, 7) is 0. The van der Waals surface area contributed by atoms with Gasteiger partial charge in [0.1, 0.15) is 17.2 Å². The molecule has 0 amide bonds. The van der Waals surface area contributed by atoms with E-state index < -0.39 is 5.97 Å². The van der Waals surface area contributed by atoms with E-state index in [1.54, 1.807) is 0 Å². The van der Waals surface area contributed by atoms with E-state index in [1.807, 2.05) is 30.3 Å². The molecule has 116 valence electrons. The molecule has 2 aromatic rings. The number of hydrogen-bond acceptors (Lipinski definition) is 5. The number of rotatable bonds is 7. The normalized spacial score (nSPS) is 11.9. The van der Waals surface area contributed by atoms with Gasteiger partial charge in [0.15, 0.2) is 5.82 Å². The van der Waals surface area contributed by atoms with Crippen LogP contribution in [-0.4, -0.2) is 27.1 Å². The van der Waals surface area contributed by atoms with Gasteiger partial charge in [-0.1, -0.05) is 41.9 Å². The van der Waals surface area contributed by atoms with Gasteiger partial charge in [-0.05, 0) is 18.4 Å². The highest BCUT2D eigenvalue weighted by Gasteiger charge is 2.15. The second-order valence-corrected chi connectivity index (χ2v) is 5.26. The SMILES string of the molecule is Nc1ncnc(NC(CCC(=O)O)Cc2ccccc2)c1Cl. The zero-order valence-corrected chi connectivity index (χ0v) is 12.6. The van der Waals surface area contributed by atoms with Crippen LogP contribution in [0.3, 0.4) is 0 Å². The molecule has 1 heterocycles. The standard InChI is InChI=1S/C15H17ClN4O2/c16-13-14(17)18-9-19-15(13)20-11(6-7-12(21)22)8-10-4-2-1-3-5-10/h1-5,9,11H,6-8H2,(H,21,22)(H3,17,18,19,20). The van der Waals surface area contributed by atoms with Crippen molar-refractivity contribution in [3.8, 4) is 0 Å². The van der Waals surface area contributed by atoms with Crippen LogP contribution >= 0.6 is 11.6 Å². The maximum absolute atomic E-state index is 10.8. The number of halogens is 1. The van der Waals surface area contributed by atoms with Crippen molar-refractivity contribution < 1.29 is 9.90 Å². The lowest BCUT2D eigenvalue weighted by atomic mass is 10.0. The molecule has 0 saturated heterocycles. The molecule has 22 heavy (non-hydrogen) atoms. The molecule has 0 bridgehead atoms. The zero-order valence-electron chi connectivity index (χ0n) is 11.9. The van der Waals surface area contributed by atoms with Crippen molar-refractivity contribution in [1.29, 1.82) is 0 Å². The molecule has 0 aliphatic carbocycles. The van der Waals surface area contributed by atoms with Crippen LogP contribution in [0.15, 0.2) is 36.7 Å². The van der Waals surface area contributed by atoms with Gasteiger partial charge in [0.25, 0.3) is 0 Å². The van der Waals surface area contributed by atoms with Crippen molar-refractivity contribution in [3.63, 3.8) is 0 Å². The Morgan fingerprint density at radius 2 is 2.05 bits per heavy atom. The smallest absolute Gasteiger partial charge is 0.303 e. The van der Waals surface area contributed by atoms with Gasteiger partial charge >= 0.3 is 5.97 Å². The van der Waals surface area contributed by atoms with E-state index in [4.69, 9.17) is 22.4 Å². The molecular formula is C15H17ClN4O2. The van der Waals surface area contributed by atoms with Crippen LogP contribution in [0.4, 0.5) is 11.6 Å². The monoisotopic (exact) mass is 320 g/mol. The largest absolute Gasteiger partial charge is 0.481 e. The third kappa shape index (κ3) is 4.60. The van der Waals surface area contributed by atoms with Gasteiger partial charge in [-0.25, -0.2) is 9.97 Å². The highest BCUT2D eigenvalue weighted by Crippen LogP contribution is 2.25. The third-order valence-corrected chi connectivity index (χ3v) is 3.56. The fourth-order valence-corrected chi connectivity index (χ4v) is 2.25. The van der Waals surface area contributed by atoms with E-state index in [-0.39, 0.29) is 23.3 Å². The number of benzene rings is 1. The molecule has 0 spiro atoms. The van der Waals surface area contributed by atoms with E-state index in [2.05, 4.69) is 15.3 Å². The second kappa shape index (κ2) is 7.61. The Kier molecular flexibility index (Phi) is 5.55. The lowest BCUT2D eigenvalue weighted by Crippen LogP contribution is -2.24. The van der Waals surface area contributed by atoms with Crippen LogP contribution in [0.2, 0.25) is 5.02 Å². The number of nitrogens with zero attached hydrogens (tertiary/aromatic N) is 2. The van der Waals surface area contributed by atoms with Crippen LogP contribution in [0.25, 0.3) is 0 Å². The van der Waals surface area contributed by atoms with Crippen molar-refractivity contribution >= 4 is 29.2 Å². The Balaban J connectivity index is 2.13. The summed E-state index contributed by atoms with van der Waals surface area (Å²) >= 11 is 6.07. The van der Waals surface area contributed by atoms with Gasteiger partial charge in [0, 0.05) is 12.5 Å². The predicted molar refractivity (Wildman–Crippen MR) is 85.9 cm³/mol. The van der Waals surface area contributed by atoms with Crippen LogP contribution < -0.4 is 11.1 Å². The number of anilines is 2. The maximum Gasteiger partial charge on any atom is 0.303 e. The van der Waals surface area contributed by atoms with Gasteiger partial charge in [0.05, 0.1) is 0 Å². The summed E-state index contributed by atoms with van der Waals surface area (Å²) in [5, 5.41) is 12.3. The molecule has 4 N–H and O–H groups in total. The second-order valence-electron chi connectivity index (χ2n) is 4.88. The number of carboxylic acid groups (broad SMARTS) is 1. The summed E-state index contributed by atoms with van der Waals surface area (Å²) in [7, 11) is 0. The van der Waals surface area contributed by atoms with E-state index in [9.17, 15) is 4.79 Å². The molecule has 7 heteroatoms. The number of nitrogens with one attached hydrogen (secondary N) is 1. The molecule has 1 aromatic heterocycles. The Labute approximate surface area is 133 Å². The average molecular weight is 321 g/mol. The highest BCUT2D eigenvalue weighted by atomic mass is 35.5. The van der Waals surface area contributed by atoms with Crippen LogP contribution in [0.5, 0.6) is 0 Å². The fraction of sp³-hybridized carbons (Fsp3) is 0.267. The number of carbonyl (C=O) groups is 1. The molecule has 1 unspecified atom stereocenters. The van der Waals surface area contributed by atoms with Crippen LogP contribution in [0.1, 0.15) is 18.4 Å². The average Bonchev–Trinajstić information content (AvgIpc) is 2.50. The summed E-state index contributed by atoms with van der Waals surface area (Å²) in [5.74, 6) is -0.232. The first-order valence-electron chi connectivity index (χ1n) is 6.84. The third-order valence-electron chi connectivity index (χ3n) is 3.19. The number of aliphatic carboxylic acids is 1. The molecule has 0 fully saturated rings. The molecule has 0 saturated carbocycles. The Bertz CT molecular complexity index is 637. The molecule has 1 atom stereocenters. The number of carboxylic acids is 1. The quantitative estimate of drug-likeness (QED) is 0.725. The molecule has 0 radical (unpaired) electrons. The maximum atomic E-state index is 10.8. The van der Waals surface area contributed by atoms with Gasteiger partial charge in [-0.2, -0.15) is 0 Å². The molecule has 2 rings (SSSR count). The first kappa shape index (κ1) is 16.0. The Morgan fingerprint density at radius 3 is 2.73 bits per heavy atom. The summed E-state index contributed by atoms with van der Waals surface area (Å²) in [6.07, 6.45) is 2.49. The molecule has 0 aliphatic rings. The lowest BCUT2D eigenvalue weighted by molar-refractivity contribution is -0.137. The van der Waals surface area contributed by atoms with E-state index in [0.29, 0.717) is 18.7 Å². The summed E-state index contributed by atoms with van der Waals surface area (Å²) < 4.78 is 0. The van der Waals surface area contributed by atoms with Gasteiger partial charge in [-0.3, -0.25) is 4.79 Å². The van der Waals surface area contributed by atoms with Crippen LogP contribution in [-0.2, 0) is 11.2 Å². The number of nitrogens with two attached hydrogens (primary N) is 1. The number of aromatic nitrogens is 2. The molecular weight excluding hydrogens is 304 g/mol. The lowest BCUT2D eigenvalue weighted by Gasteiger charge is -2.19. The van der Waals surface area contributed by atoms with E-state index in [1.165, 1.54) is 6.33 Å². The fourth-order valence-electron chi connectivity index (χ4n) is 2.10. The minimum Gasteiger partial charge on any atom is -0.481 e. The number of hydrogen-bond donors (Lipinski definition) is 3. The minimum absolute atomic E-state index is 0.0582. The van der Waals surface area contributed by atoms with Crippen molar-refractivity contribution in [3.05, 3.63) is 47.2 Å². The summed E-state index contributed by atoms with van der Waals surface area (Å²) in [5.41, 5.74) is 6.75. The summed E-state index contributed by atoms with van der Waals surface area (Å²) in [4.78, 5) is 18.7. The Morgan fingerprint density at radius 1 is 1.32 bits per heavy atom. The van der Waals surface area contributed by atoms with E-state index in [0.717, 1.165) is 5.56 Å². The van der Waals surface area contributed by atoms with Gasteiger partial charge in [-0.15, -0.1) is 0 Å². The topological polar surface area (TPSA) is 101 Å². The van der Waals surface area contributed by atoms with Gasteiger partial charge in [0.2, 0.25) is 0 Å². The minimum atomic E-state index is -0.840. The van der Waals surface area contributed by atoms with Crippen LogP contribution in [0, 0.1) is 0 Å². The summed E-state index contributed by atoms with van der Waals surface area (Å²) in [6, 6.07) is 9.69. The molecule has 0 aliphatic heterocycles. The van der Waals surface area contributed by atoms with Gasteiger partial charge < -0.3 is 16.2 Å². The van der Waals surface area contributed by atoms with E-state index >= 15 is 0 Å². The zero-order chi connectivity index (χ0) is 15.9. The first-order chi connectivity index (χ1) is 10.6. The first-order valence-corrected chi connectivity index (χ1v) is 7.22. The highest BCUT2D eigenvalue weighted by molar-refractivity contribution is 6.35. The Hall–Kier alpha value is -2.34. The van der Waals surface area contributed by atoms with Crippen molar-refractivity contribution in [2.75, 3.05) is 11.1 Å². The molecule has 6 nitrogen and oxygen atoms in total. The predicted octanol–water partition coefficient (Wildman–Crippen LogP) is 2.60. The van der Waals surface area contributed by atoms with Crippen molar-refractivity contribution in [2.24, 2.45) is 0 Å². The van der Waals surface area contributed by atoms with Crippen molar-refractivity contribution in [2.45, 2.75) is 25.3 Å². The van der Waals surface area contributed by atoms with Crippen molar-refractivity contribution in [1.82, 2.24) is 9.97 Å². The molecule has 1 aromatic carbocycles. The number of nitrogen functional groups attached to an aromatic ring is 1.